The van der Waals surface area contributed by atoms with Crippen LogP contribution in [0.25, 0.3) is 0 Å². The Bertz CT molecular complexity index is 729. The molecule has 4 N–H and O–H groups in total. The van der Waals surface area contributed by atoms with Gasteiger partial charge in [-0.1, -0.05) is 6.07 Å². The number of nitrogens with two attached hydrogens (primary N) is 1. The quantitative estimate of drug-likeness (QED) is 0.584. The number of para-hydroxylation sites is 1. The van der Waals surface area contributed by atoms with E-state index in [2.05, 4.69) is 11.4 Å². The molecule has 0 saturated carbocycles. The molecule has 0 saturated heterocycles. The van der Waals surface area contributed by atoms with Crippen molar-refractivity contribution in [3.8, 4) is 11.8 Å². The summed E-state index contributed by atoms with van der Waals surface area (Å²) < 4.78 is 0. The minimum Gasteiger partial charge on any atom is -0.505 e. The van der Waals surface area contributed by atoms with E-state index in [1.165, 1.54) is 23.5 Å². The van der Waals surface area contributed by atoms with Crippen molar-refractivity contribution in [2.24, 2.45) is 0 Å². The summed E-state index contributed by atoms with van der Waals surface area (Å²) in [5, 5.41) is 22.0. The van der Waals surface area contributed by atoms with Crippen LogP contribution in [0.4, 0.5) is 10.7 Å². The standard InChI is InChI=1S/C14H13N3O2S/c1-7-8(2)20-14(10(7)6-15)17-13(19)9-4-3-5-11(16)12(9)18/h3-5,18H,16H2,1-2H3,(H,17,19). The second-order valence-corrected chi connectivity index (χ2v) is 5.52. The molecular formula is C14H13N3O2S. The first kappa shape index (κ1) is 13.9. The molecule has 0 fully saturated rings. The topological polar surface area (TPSA) is 99.1 Å². The number of thiophene rings is 1. The van der Waals surface area contributed by atoms with Crippen LogP contribution >= 0.6 is 11.3 Å². The Labute approximate surface area is 120 Å². The highest BCUT2D eigenvalue weighted by atomic mass is 32.1. The number of phenolic OH excluding ortho intramolecular Hbond substituents is 1. The maximum Gasteiger partial charge on any atom is 0.260 e. The fraction of sp³-hybridized carbons (Fsp3) is 0.143. The molecule has 0 spiro atoms. The van der Waals surface area contributed by atoms with Gasteiger partial charge in [-0.25, -0.2) is 0 Å². The maximum absolute atomic E-state index is 12.1. The van der Waals surface area contributed by atoms with E-state index in [9.17, 15) is 9.90 Å². The average Bonchev–Trinajstić information content (AvgIpc) is 2.67. The first-order valence-electron chi connectivity index (χ1n) is 5.84. The zero-order valence-corrected chi connectivity index (χ0v) is 11.8. The highest BCUT2D eigenvalue weighted by Gasteiger charge is 2.18. The monoisotopic (exact) mass is 287 g/mol. The number of aryl methyl sites for hydroxylation is 1. The Morgan fingerprint density at radius 2 is 2.15 bits per heavy atom. The predicted octanol–water partition coefficient (Wildman–Crippen LogP) is 2.78. The summed E-state index contributed by atoms with van der Waals surface area (Å²) in [4.78, 5) is 13.1. The highest BCUT2D eigenvalue weighted by molar-refractivity contribution is 7.16. The smallest absolute Gasteiger partial charge is 0.260 e. The second kappa shape index (κ2) is 5.23. The lowest BCUT2D eigenvalue weighted by atomic mass is 10.1. The number of phenols is 1. The number of benzene rings is 1. The van der Waals surface area contributed by atoms with Gasteiger partial charge in [0.15, 0.2) is 5.75 Å². The lowest BCUT2D eigenvalue weighted by Crippen LogP contribution is -2.12. The van der Waals surface area contributed by atoms with Gasteiger partial charge in [0.25, 0.3) is 5.91 Å². The number of carbonyl (C=O) groups is 1. The van der Waals surface area contributed by atoms with E-state index < -0.39 is 5.91 Å². The third-order valence-corrected chi connectivity index (χ3v) is 4.16. The number of rotatable bonds is 2. The van der Waals surface area contributed by atoms with Gasteiger partial charge in [-0.3, -0.25) is 4.79 Å². The van der Waals surface area contributed by atoms with Crippen LogP contribution in [0.5, 0.6) is 5.75 Å². The number of nitrogens with zero attached hydrogens (tertiary/aromatic N) is 1. The van der Waals surface area contributed by atoms with Gasteiger partial charge in [-0.2, -0.15) is 5.26 Å². The largest absolute Gasteiger partial charge is 0.505 e. The van der Waals surface area contributed by atoms with Crippen molar-refractivity contribution in [3.05, 3.63) is 39.8 Å². The summed E-state index contributed by atoms with van der Waals surface area (Å²) in [5.41, 5.74) is 7.07. The molecule has 0 aliphatic carbocycles. The normalized spacial score (nSPS) is 10.1. The lowest BCUT2D eigenvalue weighted by molar-refractivity contribution is 0.102. The Hall–Kier alpha value is -2.52. The number of nitrogens with one attached hydrogen (secondary N) is 1. The summed E-state index contributed by atoms with van der Waals surface area (Å²) >= 11 is 1.33. The molecule has 6 heteroatoms. The number of nitrogen functional groups attached to an aromatic ring is 1. The SMILES string of the molecule is Cc1sc(NC(=O)c2cccc(N)c2O)c(C#N)c1C. The molecule has 2 aromatic rings. The van der Waals surface area contributed by atoms with E-state index in [1.807, 2.05) is 13.8 Å². The Morgan fingerprint density at radius 3 is 2.80 bits per heavy atom. The molecular weight excluding hydrogens is 274 g/mol. The first-order valence-corrected chi connectivity index (χ1v) is 6.66. The zero-order valence-electron chi connectivity index (χ0n) is 11.0. The number of nitriles is 1. The molecule has 0 unspecified atom stereocenters. The number of anilines is 2. The predicted molar refractivity (Wildman–Crippen MR) is 79.0 cm³/mol. The van der Waals surface area contributed by atoms with E-state index in [0.717, 1.165) is 10.4 Å². The third kappa shape index (κ3) is 2.31. The molecule has 5 nitrogen and oxygen atoms in total. The van der Waals surface area contributed by atoms with Crippen LogP contribution in [0.2, 0.25) is 0 Å². The molecule has 1 aromatic carbocycles. The van der Waals surface area contributed by atoms with Crippen molar-refractivity contribution in [1.82, 2.24) is 0 Å². The molecule has 0 atom stereocenters. The van der Waals surface area contributed by atoms with Crippen molar-refractivity contribution < 1.29 is 9.90 Å². The zero-order chi connectivity index (χ0) is 14.9. The summed E-state index contributed by atoms with van der Waals surface area (Å²) in [6.07, 6.45) is 0. The van der Waals surface area contributed by atoms with Crippen molar-refractivity contribution in [1.29, 1.82) is 5.26 Å². The van der Waals surface area contributed by atoms with Crippen LogP contribution in [0.15, 0.2) is 18.2 Å². The molecule has 0 aliphatic rings. The highest BCUT2D eigenvalue weighted by Crippen LogP contribution is 2.33. The van der Waals surface area contributed by atoms with Gasteiger partial charge in [0.1, 0.15) is 11.1 Å². The number of amides is 1. The molecule has 2 rings (SSSR count). The van der Waals surface area contributed by atoms with Gasteiger partial charge in [-0.05, 0) is 31.5 Å². The van der Waals surface area contributed by atoms with Crippen LogP contribution < -0.4 is 11.1 Å². The molecule has 0 aliphatic heterocycles. The molecule has 1 amide bonds. The summed E-state index contributed by atoms with van der Waals surface area (Å²) in [7, 11) is 0. The van der Waals surface area contributed by atoms with Gasteiger partial charge in [0.2, 0.25) is 0 Å². The van der Waals surface area contributed by atoms with E-state index in [-0.39, 0.29) is 17.0 Å². The van der Waals surface area contributed by atoms with Crippen LogP contribution in [0, 0.1) is 25.2 Å². The molecule has 0 bridgehead atoms. The molecule has 1 heterocycles. The molecule has 20 heavy (non-hydrogen) atoms. The van der Waals surface area contributed by atoms with E-state index >= 15 is 0 Å². The van der Waals surface area contributed by atoms with Crippen LogP contribution in [-0.4, -0.2) is 11.0 Å². The number of aromatic hydroxyl groups is 1. The minimum atomic E-state index is -0.493. The second-order valence-electron chi connectivity index (χ2n) is 4.30. The summed E-state index contributed by atoms with van der Waals surface area (Å²) in [6.45, 7) is 3.71. The fourth-order valence-corrected chi connectivity index (χ4v) is 2.77. The lowest BCUT2D eigenvalue weighted by Gasteiger charge is -2.07. The number of hydrogen-bond acceptors (Lipinski definition) is 5. The number of carbonyl (C=O) groups excluding carboxylic acids is 1. The Kier molecular flexibility index (Phi) is 3.63. The van der Waals surface area contributed by atoms with Crippen molar-refractivity contribution >= 4 is 27.9 Å². The van der Waals surface area contributed by atoms with Gasteiger partial charge in [0, 0.05) is 4.88 Å². The molecule has 1 aromatic heterocycles. The van der Waals surface area contributed by atoms with Gasteiger partial charge >= 0.3 is 0 Å². The number of hydrogen-bond donors (Lipinski definition) is 3. The molecule has 0 radical (unpaired) electrons. The van der Waals surface area contributed by atoms with E-state index in [4.69, 9.17) is 11.0 Å². The minimum absolute atomic E-state index is 0.0811. The summed E-state index contributed by atoms with van der Waals surface area (Å²) in [5.74, 6) is -0.749. The average molecular weight is 287 g/mol. The van der Waals surface area contributed by atoms with Crippen LogP contribution in [0.1, 0.15) is 26.4 Å². The summed E-state index contributed by atoms with van der Waals surface area (Å²) in [6, 6.07) is 6.64. The van der Waals surface area contributed by atoms with E-state index in [1.54, 1.807) is 6.07 Å². The fourth-order valence-electron chi connectivity index (χ4n) is 1.76. The van der Waals surface area contributed by atoms with Gasteiger partial charge < -0.3 is 16.2 Å². The van der Waals surface area contributed by atoms with E-state index in [0.29, 0.717) is 10.6 Å². The van der Waals surface area contributed by atoms with Crippen LogP contribution in [-0.2, 0) is 0 Å². The maximum atomic E-state index is 12.1. The Morgan fingerprint density at radius 1 is 1.45 bits per heavy atom. The van der Waals surface area contributed by atoms with Crippen molar-refractivity contribution in [2.45, 2.75) is 13.8 Å². The Balaban J connectivity index is 2.36. The van der Waals surface area contributed by atoms with Gasteiger partial charge in [-0.15, -0.1) is 11.3 Å². The van der Waals surface area contributed by atoms with Crippen molar-refractivity contribution in [3.63, 3.8) is 0 Å². The van der Waals surface area contributed by atoms with Crippen LogP contribution in [0.3, 0.4) is 0 Å². The third-order valence-electron chi connectivity index (χ3n) is 3.04. The van der Waals surface area contributed by atoms with Gasteiger partial charge in [0.05, 0.1) is 16.8 Å². The van der Waals surface area contributed by atoms with Crippen molar-refractivity contribution in [2.75, 3.05) is 11.1 Å². The molecule has 102 valence electrons. The first-order chi connectivity index (χ1) is 9.45.